The van der Waals surface area contributed by atoms with Gasteiger partial charge in [-0.15, -0.1) is 0 Å². The van der Waals surface area contributed by atoms with Gasteiger partial charge in [-0.05, 0) is 32.1 Å². The molecule has 0 bridgehead atoms. The van der Waals surface area contributed by atoms with Crippen molar-refractivity contribution in [3.05, 3.63) is 24.3 Å². The summed E-state index contributed by atoms with van der Waals surface area (Å²) in [4.78, 5) is 24.2. The molecule has 0 radical (unpaired) electrons. The molecule has 1 aromatic carbocycles. The summed E-state index contributed by atoms with van der Waals surface area (Å²) in [5, 5.41) is 11.4. The van der Waals surface area contributed by atoms with E-state index >= 15 is 0 Å². The van der Waals surface area contributed by atoms with Crippen LogP contribution in [0.1, 0.15) is 19.3 Å². The van der Waals surface area contributed by atoms with Crippen LogP contribution in [0.4, 0.5) is 5.69 Å². The summed E-state index contributed by atoms with van der Waals surface area (Å²) in [6, 6.07) is 7.24. The van der Waals surface area contributed by atoms with Crippen molar-refractivity contribution in [2.45, 2.75) is 19.3 Å². The second-order valence-electron chi connectivity index (χ2n) is 4.80. The fourth-order valence-corrected chi connectivity index (χ4v) is 1.87. The average Bonchev–Trinajstić information content (AvgIpc) is 2.45. The Kier molecular flexibility index (Phi) is 7.25. The highest BCUT2D eigenvalue weighted by molar-refractivity contribution is 5.92. The quantitative estimate of drug-likeness (QED) is 0.726. The maximum atomic E-state index is 11.9. The predicted octanol–water partition coefficient (Wildman–Crippen LogP) is 1.82. The van der Waals surface area contributed by atoms with Crippen molar-refractivity contribution in [2.75, 3.05) is 32.6 Å². The molecule has 0 saturated carbocycles. The molecule has 1 aromatic rings. The van der Waals surface area contributed by atoms with E-state index in [0.29, 0.717) is 37.4 Å². The van der Waals surface area contributed by atoms with Crippen LogP contribution in [-0.2, 0) is 9.59 Å². The Bertz CT molecular complexity index is 476. The lowest BCUT2D eigenvalue weighted by Crippen LogP contribution is -2.25. The number of carbonyl (C=O) groups excluding carboxylic acids is 1. The maximum absolute atomic E-state index is 11.9. The van der Waals surface area contributed by atoms with E-state index in [4.69, 9.17) is 9.84 Å². The van der Waals surface area contributed by atoms with Crippen molar-refractivity contribution in [1.29, 1.82) is 0 Å². The Morgan fingerprint density at radius 2 is 1.95 bits per heavy atom. The minimum absolute atomic E-state index is 0.0930. The second-order valence-corrected chi connectivity index (χ2v) is 4.80. The van der Waals surface area contributed by atoms with Crippen LogP contribution in [0.2, 0.25) is 0 Å². The molecule has 0 aliphatic carbocycles. The molecule has 2 N–H and O–H groups in total. The molecule has 0 aromatic heterocycles. The van der Waals surface area contributed by atoms with E-state index in [1.165, 1.54) is 0 Å². The van der Waals surface area contributed by atoms with E-state index in [9.17, 15) is 9.59 Å². The number of amides is 1. The highest BCUT2D eigenvalue weighted by atomic mass is 16.5. The van der Waals surface area contributed by atoms with E-state index in [-0.39, 0.29) is 12.3 Å². The van der Waals surface area contributed by atoms with Gasteiger partial charge in [0.25, 0.3) is 0 Å². The number of anilines is 1. The number of carboxylic acids is 1. The summed E-state index contributed by atoms with van der Waals surface area (Å²) >= 11 is 0. The minimum Gasteiger partial charge on any atom is -0.495 e. The fourth-order valence-electron chi connectivity index (χ4n) is 1.87. The molecule has 6 nitrogen and oxygen atoms in total. The molecule has 21 heavy (non-hydrogen) atoms. The van der Waals surface area contributed by atoms with Gasteiger partial charge in [0, 0.05) is 19.4 Å². The van der Waals surface area contributed by atoms with Crippen molar-refractivity contribution in [1.82, 2.24) is 4.90 Å². The zero-order valence-corrected chi connectivity index (χ0v) is 12.5. The third kappa shape index (κ3) is 6.76. The number of hydrogen-bond acceptors (Lipinski definition) is 4. The molecule has 0 spiro atoms. The lowest BCUT2D eigenvalue weighted by atomic mass is 10.2. The SMILES string of the molecule is COc1ccccc1NC(=O)CCN(C)CCCC(=O)O. The molecule has 0 saturated heterocycles. The molecule has 116 valence electrons. The summed E-state index contributed by atoms with van der Waals surface area (Å²) in [5.74, 6) is -0.262. The van der Waals surface area contributed by atoms with Gasteiger partial charge >= 0.3 is 5.97 Å². The molecule has 0 heterocycles. The summed E-state index contributed by atoms with van der Waals surface area (Å²) in [6.45, 7) is 1.24. The lowest BCUT2D eigenvalue weighted by Gasteiger charge is -2.16. The molecule has 1 rings (SSSR count). The molecule has 1 amide bonds. The first-order chi connectivity index (χ1) is 10.0. The van der Waals surface area contributed by atoms with Crippen LogP contribution in [0, 0.1) is 0 Å². The molecule has 0 atom stereocenters. The molecular weight excluding hydrogens is 272 g/mol. The van der Waals surface area contributed by atoms with Gasteiger partial charge in [0.1, 0.15) is 5.75 Å². The van der Waals surface area contributed by atoms with Crippen LogP contribution in [0.25, 0.3) is 0 Å². The Morgan fingerprint density at radius 1 is 1.24 bits per heavy atom. The monoisotopic (exact) mass is 294 g/mol. The van der Waals surface area contributed by atoms with Crippen LogP contribution in [0.15, 0.2) is 24.3 Å². The summed E-state index contributed by atoms with van der Waals surface area (Å²) in [6.07, 6.45) is 1.08. The molecule has 0 aliphatic heterocycles. The Hall–Kier alpha value is -2.08. The van der Waals surface area contributed by atoms with Gasteiger partial charge in [0.05, 0.1) is 12.8 Å². The van der Waals surface area contributed by atoms with Gasteiger partial charge < -0.3 is 20.1 Å². The number of para-hydroxylation sites is 2. The van der Waals surface area contributed by atoms with Crippen molar-refractivity contribution in [2.24, 2.45) is 0 Å². The van der Waals surface area contributed by atoms with Gasteiger partial charge in [-0.2, -0.15) is 0 Å². The van der Waals surface area contributed by atoms with E-state index in [0.717, 1.165) is 0 Å². The standard InChI is InChI=1S/C15H22N2O4/c1-17(10-5-8-15(19)20)11-9-14(18)16-12-6-3-4-7-13(12)21-2/h3-4,6-7H,5,8-11H2,1-2H3,(H,16,18)(H,19,20). The van der Waals surface area contributed by atoms with E-state index < -0.39 is 5.97 Å². The molecule has 0 aliphatic rings. The summed E-state index contributed by atoms with van der Waals surface area (Å²) in [7, 11) is 3.43. The smallest absolute Gasteiger partial charge is 0.303 e. The van der Waals surface area contributed by atoms with Crippen LogP contribution in [-0.4, -0.2) is 49.1 Å². The topological polar surface area (TPSA) is 78.9 Å². The van der Waals surface area contributed by atoms with Crippen molar-refractivity contribution < 1.29 is 19.4 Å². The number of carbonyl (C=O) groups is 2. The van der Waals surface area contributed by atoms with Crippen molar-refractivity contribution >= 4 is 17.6 Å². The third-order valence-electron chi connectivity index (χ3n) is 3.03. The number of benzene rings is 1. The van der Waals surface area contributed by atoms with Gasteiger partial charge in [-0.25, -0.2) is 0 Å². The zero-order chi connectivity index (χ0) is 15.7. The maximum Gasteiger partial charge on any atom is 0.303 e. The Balaban J connectivity index is 2.32. The first-order valence-electron chi connectivity index (χ1n) is 6.86. The highest BCUT2D eigenvalue weighted by Gasteiger charge is 2.08. The van der Waals surface area contributed by atoms with Crippen LogP contribution < -0.4 is 10.1 Å². The number of ether oxygens (including phenoxy) is 1. The van der Waals surface area contributed by atoms with Gasteiger partial charge in [0.2, 0.25) is 5.91 Å². The predicted molar refractivity (Wildman–Crippen MR) is 80.6 cm³/mol. The Labute approximate surface area is 124 Å². The Morgan fingerprint density at radius 3 is 2.62 bits per heavy atom. The molecular formula is C15H22N2O4. The largest absolute Gasteiger partial charge is 0.495 e. The number of nitrogens with zero attached hydrogens (tertiary/aromatic N) is 1. The third-order valence-corrected chi connectivity index (χ3v) is 3.03. The van der Waals surface area contributed by atoms with Crippen molar-refractivity contribution in [3.63, 3.8) is 0 Å². The number of methoxy groups -OCH3 is 1. The first kappa shape index (κ1) is 17.0. The second kappa shape index (κ2) is 8.97. The van der Waals surface area contributed by atoms with E-state index in [1.807, 2.05) is 24.1 Å². The first-order valence-corrected chi connectivity index (χ1v) is 6.86. The number of hydrogen-bond donors (Lipinski definition) is 2. The van der Waals surface area contributed by atoms with Crippen molar-refractivity contribution in [3.8, 4) is 5.75 Å². The fraction of sp³-hybridized carbons (Fsp3) is 0.467. The van der Waals surface area contributed by atoms with Gasteiger partial charge in [0.15, 0.2) is 0 Å². The zero-order valence-electron chi connectivity index (χ0n) is 12.5. The minimum atomic E-state index is -0.794. The number of rotatable bonds is 9. The van der Waals surface area contributed by atoms with Crippen LogP contribution >= 0.6 is 0 Å². The molecule has 0 fully saturated rings. The molecule has 6 heteroatoms. The van der Waals surface area contributed by atoms with Crippen LogP contribution in [0.5, 0.6) is 5.75 Å². The van der Waals surface area contributed by atoms with Crippen LogP contribution in [0.3, 0.4) is 0 Å². The number of aliphatic carboxylic acids is 1. The van der Waals surface area contributed by atoms with Gasteiger partial charge in [-0.3, -0.25) is 9.59 Å². The summed E-state index contributed by atoms with van der Waals surface area (Å²) < 4.78 is 5.17. The molecule has 0 unspecified atom stereocenters. The van der Waals surface area contributed by atoms with E-state index in [1.54, 1.807) is 19.2 Å². The average molecular weight is 294 g/mol. The number of carboxylic acid groups (broad SMARTS) is 1. The summed E-state index contributed by atoms with van der Waals surface area (Å²) in [5.41, 5.74) is 0.651. The highest BCUT2D eigenvalue weighted by Crippen LogP contribution is 2.22. The normalized spacial score (nSPS) is 10.4. The van der Waals surface area contributed by atoms with Gasteiger partial charge in [-0.1, -0.05) is 12.1 Å². The van der Waals surface area contributed by atoms with E-state index in [2.05, 4.69) is 5.32 Å². The number of nitrogens with one attached hydrogen (secondary N) is 1. The lowest BCUT2D eigenvalue weighted by molar-refractivity contribution is -0.137.